The Balaban J connectivity index is 2.25. The van der Waals surface area contributed by atoms with Gasteiger partial charge in [-0.25, -0.2) is 0 Å². The third kappa shape index (κ3) is 3.05. The minimum absolute atomic E-state index is 0.0251. The van der Waals surface area contributed by atoms with Gasteiger partial charge in [0.15, 0.2) is 0 Å². The van der Waals surface area contributed by atoms with Gasteiger partial charge in [0.05, 0.1) is 22.3 Å². The molecule has 0 saturated carbocycles. The maximum Gasteiger partial charge on any atom is 0.417 e. The molecule has 0 saturated heterocycles. The Morgan fingerprint density at radius 2 is 2.11 bits per heavy atom. The van der Waals surface area contributed by atoms with E-state index in [1.165, 1.54) is 6.07 Å². The second kappa shape index (κ2) is 4.93. The third-order valence-corrected chi connectivity index (χ3v) is 2.55. The molecule has 1 amide bonds. The number of carbonyl (C=O) groups is 1. The van der Waals surface area contributed by atoms with Gasteiger partial charge in [0.2, 0.25) is 0 Å². The van der Waals surface area contributed by atoms with E-state index in [0.717, 1.165) is 24.6 Å². The Kier molecular flexibility index (Phi) is 3.48. The molecule has 2 rings (SSSR count). The van der Waals surface area contributed by atoms with Gasteiger partial charge in [-0.15, -0.1) is 0 Å². The molecular formula is C11H6ClF3N2O2. The quantitative estimate of drug-likeness (QED) is 0.919. The number of halogens is 4. The second-order valence-corrected chi connectivity index (χ2v) is 3.97. The van der Waals surface area contributed by atoms with Crippen LogP contribution in [0.15, 0.2) is 35.2 Å². The number of nitrogens with zero attached hydrogens (tertiary/aromatic N) is 1. The van der Waals surface area contributed by atoms with Crippen LogP contribution in [0.2, 0.25) is 5.02 Å². The number of hydrogen-bond donors (Lipinski definition) is 1. The van der Waals surface area contributed by atoms with Crippen LogP contribution < -0.4 is 5.32 Å². The summed E-state index contributed by atoms with van der Waals surface area (Å²) in [6, 6.07) is 3.09. The minimum Gasteiger partial charge on any atom is -0.364 e. The molecular weight excluding hydrogens is 285 g/mol. The van der Waals surface area contributed by atoms with E-state index >= 15 is 0 Å². The average Bonchev–Trinajstić information content (AvgIpc) is 2.83. The van der Waals surface area contributed by atoms with Gasteiger partial charge in [-0.1, -0.05) is 16.8 Å². The molecule has 8 heteroatoms. The summed E-state index contributed by atoms with van der Waals surface area (Å²) >= 11 is 5.46. The first-order valence-electron chi connectivity index (χ1n) is 4.95. The van der Waals surface area contributed by atoms with Crippen molar-refractivity contribution < 1.29 is 22.5 Å². The van der Waals surface area contributed by atoms with E-state index < -0.39 is 22.7 Å². The van der Waals surface area contributed by atoms with E-state index in [-0.39, 0.29) is 11.3 Å². The molecule has 100 valence electrons. The number of aromatic nitrogens is 1. The van der Waals surface area contributed by atoms with Gasteiger partial charge in [-0.05, 0) is 18.2 Å². The highest BCUT2D eigenvalue weighted by molar-refractivity contribution is 6.31. The van der Waals surface area contributed by atoms with Crippen molar-refractivity contribution >= 4 is 23.2 Å². The fraction of sp³-hybridized carbons (Fsp3) is 0.0909. The molecule has 2 aromatic rings. The molecule has 0 aliphatic heterocycles. The predicted octanol–water partition coefficient (Wildman–Crippen LogP) is 3.60. The Bertz CT molecular complexity index is 596. The predicted molar refractivity (Wildman–Crippen MR) is 60.9 cm³/mol. The number of benzene rings is 1. The molecule has 1 aromatic carbocycles. The summed E-state index contributed by atoms with van der Waals surface area (Å²) in [7, 11) is 0. The van der Waals surface area contributed by atoms with Crippen LogP contribution in [0.5, 0.6) is 0 Å². The summed E-state index contributed by atoms with van der Waals surface area (Å²) in [6.45, 7) is 0. The molecule has 19 heavy (non-hydrogen) atoms. The van der Waals surface area contributed by atoms with Crippen molar-refractivity contribution in [2.24, 2.45) is 0 Å². The van der Waals surface area contributed by atoms with Crippen molar-refractivity contribution in [3.63, 3.8) is 0 Å². The largest absolute Gasteiger partial charge is 0.417 e. The number of nitrogens with one attached hydrogen (secondary N) is 1. The number of rotatable bonds is 2. The van der Waals surface area contributed by atoms with Gasteiger partial charge < -0.3 is 9.84 Å². The zero-order valence-corrected chi connectivity index (χ0v) is 9.92. The zero-order chi connectivity index (χ0) is 14.0. The first-order chi connectivity index (χ1) is 8.88. The van der Waals surface area contributed by atoms with Crippen LogP contribution in [0, 0.1) is 0 Å². The highest BCUT2D eigenvalue weighted by Gasteiger charge is 2.33. The molecule has 0 aliphatic carbocycles. The molecule has 1 heterocycles. The van der Waals surface area contributed by atoms with Crippen molar-refractivity contribution in [3.05, 3.63) is 46.8 Å². The number of alkyl halides is 3. The number of amides is 1. The summed E-state index contributed by atoms with van der Waals surface area (Å²) in [6.07, 6.45) is -2.36. The molecule has 0 spiro atoms. The molecule has 4 nitrogen and oxygen atoms in total. The van der Waals surface area contributed by atoms with Crippen molar-refractivity contribution in [2.75, 3.05) is 5.32 Å². The average molecular weight is 291 g/mol. The molecule has 0 unspecified atom stereocenters. The lowest BCUT2D eigenvalue weighted by molar-refractivity contribution is -0.137. The number of anilines is 1. The highest BCUT2D eigenvalue weighted by Crippen LogP contribution is 2.36. The number of hydrogen-bond acceptors (Lipinski definition) is 3. The Hall–Kier alpha value is -2.02. The molecule has 0 atom stereocenters. The van der Waals surface area contributed by atoms with Crippen molar-refractivity contribution in [3.8, 4) is 0 Å². The fourth-order valence-corrected chi connectivity index (χ4v) is 1.57. The third-order valence-electron chi connectivity index (χ3n) is 2.22. The maximum atomic E-state index is 12.6. The SMILES string of the molecule is O=C(Nc1ccc(Cl)c(C(F)(F)F)c1)c1cnoc1. The Morgan fingerprint density at radius 3 is 2.68 bits per heavy atom. The highest BCUT2D eigenvalue weighted by atomic mass is 35.5. The Labute approximate surface area is 110 Å². The van der Waals surface area contributed by atoms with Crippen LogP contribution >= 0.6 is 11.6 Å². The van der Waals surface area contributed by atoms with Crippen molar-refractivity contribution in [1.29, 1.82) is 0 Å². The van der Waals surface area contributed by atoms with Gasteiger partial charge in [-0.3, -0.25) is 4.79 Å². The molecule has 0 radical (unpaired) electrons. The normalized spacial score (nSPS) is 11.4. The van der Waals surface area contributed by atoms with Gasteiger partial charge in [-0.2, -0.15) is 13.2 Å². The van der Waals surface area contributed by atoms with E-state index in [1.54, 1.807) is 0 Å². The summed E-state index contributed by atoms with van der Waals surface area (Å²) in [5, 5.41) is 5.17. The smallest absolute Gasteiger partial charge is 0.364 e. The van der Waals surface area contributed by atoms with Crippen LogP contribution in [-0.2, 0) is 6.18 Å². The van der Waals surface area contributed by atoms with Crippen molar-refractivity contribution in [2.45, 2.75) is 6.18 Å². The summed E-state index contributed by atoms with van der Waals surface area (Å²) in [4.78, 5) is 11.6. The van der Waals surface area contributed by atoms with Crippen LogP contribution in [0.4, 0.5) is 18.9 Å². The summed E-state index contributed by atoms with van der Waals surface area (Å²) in [5.74, 6) is -0.628. The summed E-state index contributed by atoms with van der Waals surface area (Å²) < 4.78 is 42.3. The second-order valence-electron chi connectivity index (χ2n) is 3.56. The Morgan fingerprint density at radius 1 is 1.37 bits per heavy atom. The van der Waals surface area contributed by atoms with E-state index in [0.29, 0.717) is 0 Å². The standard InChI is InChI=1S/C11H6ClF3N2O2/c12-9-2-1-7(3-8(9)11(13,14)15)17-10(18)6-4-16-19-5-6/h1-5H,(H,17,18). The lowest BCUT2D eigenvalue weighted by atomic mass is 10.2. The molecule has 0 aliphatic rings. The van der Waals surface area contributed by atoms with E-state index in [2.05, 4.69) is 15.0 Å². The van der Waals surface area contributed by atoms with Crippen molar-refractivity contribution in [1.82, 2.24) is 5.16 Å². The van der Waals surface area contributed by atoms with E-state index in [4.69, 9.17) is 11.6 Å². The lowest BCUT2D eigenvalue weighted by Crippen LogP contribution is -2.12. The molecule has 1 aromatic heterocycles. The van der Waals surface area contributed by atoms with Crippen LogP contribution in [-0.4, -0.2) is 11.1 Å². The van der Waals surface area contributed by atoms with Crippen LogP contribution in [0.3, 0.4) is 0 Å². The molecule has 1 N–H and O–H groups in total. The lowest BCUT2D eigenvalue weighted by Gasteiger charge is -2.11. The van der Waals surface area contributed by atoms with Gasteiger partial charge in [0.1, 0.15) is 6.26 Å². The first kappa shape index (κ1) is 13.4. The van der Waals surface area contributed by atoms with Crippen LogP contribution in [0.1, 0.15) is 15.9 Å². The minimum atomic E-state index is -4.59. The topological polar surface area (TPSA) is 55.1 Å². The van der Waals surface area contributed by atoms with Gasteiger partial charge in [0.25, 0.3) is 5.91 Å². The summed E-state index contributed by atoms with van der Waals surface area (Å²) in [5.41, 5.74) is -0.941. The van der Waals surface area contributed by atoms with E-state index in [9.17, 15) is 18.0 Å². The first-order valence-corrected chi connectivity index (χ1v) is 5.33. The molecule has 0 fully saturated rings. The maximum absolute atomic E-state index is 12.6. The van der Waals surface area contributed by atoms with Gasteiger partial charge >= 0.3 is 6.18 Å². The molecule has 0 bridgehead atoms. The fourth-order valence-electron chi connectivity index (χ4n) is 1.34. The number of carbonyl (C=O) groups excluding carboxylic acids is 1. The monoisotopic (exact) mass is 290 g/mol. The van der Waals surface area contributed by atoms with Gasteiger partial charge in [0, 0.05) is 5.69 Å². The van der Waals surface area contributed by atoms with Crippen LogP contribution in [0.25, 0.3) is 0 Å². The zero-order valence-electron chi connectivity index (χ0n) is 9.16. The van der Waals surface area contributed by atoms with E-state index in [1.807, 2.05) is 0 Å².